The molecule has 0 atom stereocenters. The maximum absolute atomic E-state index is 13.0. The molecular formula is C22H27N3O5S. The zero-order chi connectivity index (χ0) is 22.6. The fraction of sp³-hybridized carbons (Fsp3) is 0.364. The standard InChI is InChI=1S/C22H27N3O5S/c1-15-4-7-19(8-5-15)24-31(28,29)21-14-17(6-9-20(21)30-3)22(27)25-12-10-18(11-13-25)23-16(2)26/h4-9,14,18,24H,10-13H2,1-3H3,(H,23,26). The van der Waals surface area contributed by atoms with E-state index >= 15 is 0 Å². The van der Waals surface area contributed by atoms with Crippen molar-refractivity contribution in [3.63, 3.8) is 0 Å². The van der Waals surface area contributed by atoms with Crippen molar-refractivity contribution in [3.05, 3.63) is 53.6 Å². The third kappa shape index (κ3) is 5.55. The predicted octanol–water partition coefficient (Wildman–Crippen LogP) is 2.55. The average Bonchev–Trinajstić information content (AvgIpc) is 2.74. The second-order valence-electron chi connectivity index (χ2n) is 7.60. The Kier molecular flexibility index (Phi) is 6.84. The van der Waals surface area contributed by atoms with Crippen molar-refractivity contribution < 1.29 is 22.7 Å². The first-order chi connectivity index (χ1) is 14.7. The molecule has 2 aromatic carbocycles. The second-order valence-corrected chi connectivity index (χ2v) is 9.25. The van der Waals surface area contributed by atoms with Gasteiger partial charge in [-0.2, -0.15) is 0 Å². The number of aryl methyl sites for hydroxylation is 1. The first-order valence-electron chi connectivity index (χ1n) is 10.0. The van der Waals surface area contributed by atoms with Crippen LogP contribution in [0, 0.1) is 6.92 Å². The molecule has 0 aliphatic carbocycles. The van der Waals surface area contributed by atoms with Crippen LogP contribution in [-0.4, -0.2) is 51.4 Å². The van der Waals surface area contributed by atoms with E-state index in [1.165, 1.54) is 26.2 Å². The van der Waals surface area contributed by atoms with E-state index in [0.29, 0.717) is 31.6 Å². The molecule has 8 nitrogen and oxygen atoms in total. The van der Waals surface area contributed by atoms with Crippen LogP contribution in [0.25, 0.3) is 0 Å². The average molecular weight is 446 g/mol. The van der Waals surface area contributed by atoms with Crippen molar-refractivity contribution in [3.8, 4) is 5.75 Å². The summed E-state index contributed by atoms with van der Waals surface area (Å²) in [5.74, 6) is -0.188. The molecule has 1 saturated heterocycles. The molecule has 0 saturated carbocycles. The Morgan fingerprint density at radius 2 is 1.71 bits per heavy atom. The number of likely N-dealkylation sites (tertiary alicyclic amines) is 1. The monoisotopic (exact) mass is 445 g/mol. The molecule has 0 aromatic heterocycles. The molecule has 0 spiro atoms. The summed E-state index contributed by atoms with van der Waals surface area (Å²) < 4.78 is 33.8. The number of carbonyl (C=O) groups is 2. The molecule has 31 heavy (non-hydrogen) atoms. The fourth-order valence-corrected chi connectivity index (χ4v) is 4.80. The number of methoxy groups -OCH3 is 1. The summed E-state index contributed by atoms with van der Waals surface area (Å²) in [6.07, 6.45) is 1.31. The first kappa shape index (κ1) is 22.6. The second kappa shape index (κ2) is 9.38. The Bertz CT molecular complexity index is 1060. The lowest BCUT2D eigenvalue weighted by atomic mass is 10.0. The van der Waals surface area contributed by atoms with Crippen LogP contribution < -0.4 is 14.8 Å². The van der Waals surface area contributed by atoms with Crippen molar-refractivity contribution in [2.45, 2.75) is 37.6 Å². The number of ether oxygens (including phenoxy) is 1. The van der Waals surface area contributed by atoms with Crippen LogP contribution in [0.1, 0.15) is 35.7 Å². The third-order valence-electron chi connectivity index (χ3n) is 5.19. The molecule has 2 aromatic rings. The Labute approximate surface area is 182 Å². The van der Waals surface area contributed by atoms with Crippen LogP contribution >= 0.6 is 0 Å². The summed E-state index contributed by atoms with van der Waals surface area (Å²) in [5, 5.41) is 2.87. The lowest BCUT2D eigenvalue weighted by molar-refractivity contribution is -0.119. The van der Waals surface area contributed by atoms with Gasteiger partial charge in [-0.05, 0) is 50.1 Å². The molecule has 166 valence electrons. The van der Waals surface area contributed by atoms with Crippen molar-refractivity contribution in [1.29, 1.82) is 0 Å². The van der Waals surface area contributed by atoms with Gasteiger partial charge in [0.1, 0.15) is 10.6 Å². The number of piperidine rings is 1. The highest BCUT2D eigenvalue weighted by molar-refractivity contribution is 7.92. The summed E-state index contributed by atoms with van der Waals surface area (Å²) >= 11 is 0. The number of benzene rings is 2. The molecular weight excluding hydrogens is 418 g/mol. The zero-order valence-electron chi connectivity index (χ0n) is 17.8. The molecule has 2 N–H and O–H groups in total. The van der Waals surface area contributed by atoms with Crippen molar-refractivity contribution in [2.24, 2.45) is 0 Å². The number of rotatable bonds is 6. The minimum absolute atomic E-state index is 0.0482. The molecule has 1 heterocycles. The van der Waals surface area contributed by atoms with E-state index in [0.717, 1.165) is 5.56 Å². The normalized spacial score (nSPS) is 14.7. The molecule has 1 aliphatic heterocycles. The van der Waals surface area contributed by atoms with Gasteiger partial charge in [-0.15, -0.1) is 0 Å². The Morgan fingerprint density at radius 3 is 2.29 bits per heavy atom. The summed E-state index contributed by atoms with van der Waals surface area (Å²) in [6, 6.07) is 11.4. The molecule has 9 heteroatoms. The van der Waals surface area contributed by atoms with Gasteiger partial charge in [0.25, 0.3) is 15.9 Å². The summed E-state index contributed by atoms with van der Waals surface area (Å²) in [4.78, 5) is 25.8. The van der Waals surface area contributed by atoms with Gasteiger partial charge >= 0.3 is 0 Å². The summed E-state index contributed by atoms with van der Waals surface area (Å²) in [6.45, 7) is 4.36. The zero-order valence-corrected chi connectivity index (χ0v) is 18.7. The fourth-order valence-electron chi connectivity index (χ4n) is 3.55. The van der Waals surface area contributed by atoms with Crippen molar-refractivity contribution >= 4 is 27.5 Å². The minimum atomic E-state index is -3.97. The summed E-state index contributed by atoms with van der Waals surface area (Å²) in [5.41, 5.74) is 1.70. The number of sulfonamides is 1. The topological polar surface area (TPSA) is 105 Å². The van der Waals surface area contributed by atoms with Gasteiger partial charge in [-0.1, -0.05) is 17.7 Å². The Morgan fingerprint density at radius 1 is 1.06 bits per heavy atom. The highest BCUT2D eigenvalue weighted by Gasteiger charge is 2.27. The molecule has 0 bridgehead atoms. The number of nitrogens with one attached hydrogen (secondary N) is 2. The predicted molar refractivity (Wildman–Crippen MR) is 118 cm³/mol. The van der Waals surface area contributed by atoms with Crippen molar-refractivity contribution in [1.82, 2.24) is 10.2 Å². The molecule has 1 fully saturated rings. The Hall–Kier alpha value is -3.07. The highest BCUT2D eigenvalue weighted by atomic mass is 32.2. The van der Waals surface area contributed by atoms with Crippen LogP contribution in [0.5, 0.6) is 5.75 Å². The van der Waals surface area contributed by atoms with E-state index in [1.54, 1.807) is 35.2 Å². The SMILES string of the molecule is COc1ccc(C(=O)N2CCC(NC(C)=O)CC2)cc1S(=O)(=O)Nc1ccc(C)cc1. The number of anilines is 1. The van der Waals surface area contributed by atoms with Gasteiger partial charge in [-0.25, -0.2) is 8.42 Å². The number of carbonyl (C=O) groups excluding carboxylic acids is 2. The quantitative estimate of drug-likeness (QED) is 0.711. The lowest BCUT2D eigenvalue weighted by Gasteiger charge is -2.32. The molecule has 0 radical (unpaired) electrons. The molecule has 3 rings (SSSR count). The van der Waals surface area contributed by atoms with Gasteiger partial charge in [0.05, 0.1) is 7.11 Å². The molecule has 2 amide bonds. The van der Waals surface area contributed by atoms with E-state index in [1.807, 2.05) is 6.92 Å². The van der Waals surface area contributed by atoms with Crippen LogP contribution in [0.3, 0.4) is 0 Å². The van der Waals surface area contributed by atoms with Crippen molar-refractivity contribution in [2.75, 3.05) is 24.9 Å². The maximum atomic E-state index is 13.0. The van der Waals surface area contributed by atoms with Gasteiger partial charge in [0.15, 0.2) is 0 Å². The largest absolute Gasteiger partial charge is 0.495 e. The smallest absolute Gasteiger partial charge is 0.265 e. The Balaban J connectivity index is 1.81. The van der Waals surface area contributed by atoms with Crippen LogP contribution in [-0.2, 0) is 14.8 Å². The van der Waals surface area contributed by atoms with E-state index in [4.69, 9.17) is 4.74 Å². The van der Waals surface area contributed by atoms with Crippen LogP contribution in [0.4, 0.5) is 5.69 Å². The van der Waals surface area contributed by atoms with Gasteiger partial charge < -0.3 is 15.0 Å². The maximum Gasteiger partial charge on any atom is 0.265 e. The van der Waals surface area contributed by atoms with Crippen LogP contribution in [0.15, 0.2) is 47.4 Å². The van der Waals surface area contributed by atoms with E-state index in [9.17, 15) is 18.0 Å². The van der Waals surface area contributed by atoms with Gasteiger partial charge in [0.2, 0.25) is 5.91 Å². The third-order valence-corrected chi connectivity index (χ3v) is 6.60. The minimum Gasteiger partial charge on any atom is -0.495 e. The first-order valence-corrected chi connectivity index (χ1v) is 11.5. The number of amides is 2. The highest BCUT2D eigenvalue weighted by Crippen LogP contribution is 2.28. The number of nitrogens with zero attached hydrogens (tertiary/aromatic N) is 1. The lowest BCUT2D eigenvalue weighted by Crippen LogP contribution is -2.46. The summed E-state index contributed by atoms with van der Waals surface area (Å²) in [7, 11) is -2.59. The van der Waals surface area contributed by atoms with Gasteiger partial charge in [-0.3, -0.25) is 14.3 Å². The molecule has 1 aliphatic rings. The van der Waals surface area contributed by atoms with E-state index < -0.39 is 10.0 Å². The van der Waals surface area contributed by atoms with Crippen LogP contribution in [0.2, 0.25) is 0 Å². The van der Waals surface area contributed by atoms with E-state index in [-0.39, 0.29) is 34.1 Å². The number of hydrogen-bond acceptors (Lipinski definition) is 5. The number of hydrogen-bond donors (Lipinski definition) is 2. The van der Waals surface area contributed by atoms with Gasteiger partial charge in [0, 0.05) is 37.3 Å². The molecule has 0 unspecified atom stereocenters. The van der Waals surface area contributed by atoms with E-state index in [2.05, 4.69) is 10.0 Å².